The van der Waals surface area contributed by atoms with Crippen molar-refractivity contribution in [3.63, 3.8) is 0 Å². The molecule has 2 aromatic carbocycles. The molecule has 0 aliphatic heterocycles. The Morgan fingerprint density at radius 2 is 1.88 bits per heavy atom. The van der Waals surface area contributed by atoms with Gasteiger partial charge in [-0.1, -0.05) is 53.2 Å². The van der Waals surface area contributed by atoms with Crippen LogP contribution in [0, 0.1) is 0 Å². The van der Waals surface area contributed by atoms with Crippen LogP contribution < -0.4 is 5.32 Å². The van der Waals surface area contributed by atoms with Gasteiger partial charge in [-0.3, -0.25) is 4.79 Å². The zero-order chi connectivity index (χ0) is 16.6. The first-order chi connectivity index (χ1) is 11.7. The molecule has 5 heteroatoms. The maximum atomic E-state index is 12.7. The van der Waals surface area contributed by atoms with Gasteiger partial charge in [0.1, 0.15) is 0 Å². The van der Waals surface area contributed by atoms with E-state index >= 15 is 0 Å². The van der Waals surface area contributed by atoms with Crippen LogP contribution >= 0.6 is 11.6 Å². The van der Waals surface area contributed by atoms with Crippen LogP contribution in [0.3, 0.4) is 0 Å². The van der Waals surface area contributed by atoms with Crippen LogP contribution in [0.1, 0.15) is 18.5 Å². The third-order valence-electron chi connectivity index (χ3n) is 4.33. The Hall–Kier alpha value is -2.59. The van der Waals surface area contributed by atoms with Crippen LogP contribution in [-0.4, -0.2) is 11.1 Å². The molecule has 1 amide bonds. The molecule has 24 heavy (non-hydrogen) atoms. The number of anilines is 1. The average Bonchev–Trinajstić information content (AvgIpc) is 3.26. The molecule has 4 rings (SSSR count). The molecule has 0 spiro atoms. The number of nitrogens with zero attached hydrogens (tertiary/aromatic N) is 1. The molecule has 120 valence electrons. The zero-order valence-electron chi connectivity index (χ0n) is 12.8. The van der Waals surface area contributed by atoms with Gasteiger partial charge in [-0.2, -0.15) is 0 Å². The second kappa shape index (κ2) is 5.80. The van der Waals surface area contributed by atoms with Crippen LogP contribution in [0.2, 0.25) is 5.02 Å². The van der Waals surface area contributed by atoms with E-state index in [0.29, 0.717) is 22.2 Å². The van der Waals surface area contributed by atoms with E-state index in [1.807, 2.05) is 42.5 Å². The number of nitrogens with one attached hydrogen (secondary N) is 1. The van der Waals surface area contributed by atoms with E-state index in [4.69, 9.17) is 16.1 Å². The highest BCUT2D eigenvalue weighted by molar-refractivity contribution is 6.30. The van der Waals surface area contributed by atoms with Crippen molar-refractivity contribution < 1.29 is 9.32 Å². The summed E-state index contributed by atoms with van der Waals surface area (Å²) < 4.78 is 5.45. The van der Waals surface area contributed by atoms with Gasteiger partial charge >= 0.3 is 0 Å². The van der Waals surface area contributed by atoms with E-state index < -0.39 is 5.41 Å². The molecule has 1 saturated carbocycles. The van der Waals surface area contributed by atoms with Crippen molar-refractivity contribution >= 4 is 23.2 Å². The molecule has 0 radical (unpaired) electrons. The largest absolute Gasteiger partial charge is 0.356 e. The summed E-state index contributed by atoms with van der Waals surface area (Å²) in [5.74, 6) is 0.602. The minimum absolute atomic E-state index is 0.0716. The number of benzene rings is 2. The molecular weight excluding hydrogens is 324 g/mol. The number of rotatable bonds is 4. The minimum atomic E-state index is -0.598. The van der Waals surface area contributed by atoms with E-state index in [1.165, 1.54) is 0 Å². The summed E-state index contributed by atoms with van der Waals surface area (Å²) in [5.41, 5.74) is 1.72. The smallest absolute Gasteiger partial charge is 0.236 e. The predicted molar refractivity (Wildman–Crippen MR) is 92.9 cm³/mol. The van der Waals surface area contributed by atoms with Crippen LogP contribution in [0.25, 0.3) is 11.3 Å². The number of aromatic nitrogens is 1. The Morgan fingerprint density at radius 3 is 2.58 bits per heavy atom. The molecule has 3 aromatic rings. The normalized spacial score (nSPS) is 15.0. The fraction of sp³-hybridized carbons (Fsp3) is 0.158. The topological polar surface area (TPSA) is 55.1 Å². The summed E-state index contributed by atoms with van der Waals surface area (Å²) in [6.45, 7) is 0. The van der Waals surface area contributed by atoms with Crippen molar-refractivity contribution in [3.05, 3.63) is 71.4 Å². The van der Waals surface area contributed by atoms with Crippen molar-refractivity contribution in [2.45, 2.75) is 18.3 Å². The Labute approximate surface area is 144 Å². The fourth-order valence-electron chi connectivity index (χ4n) is 2.78. The van der Waals surface area contributed by atoms with Crippen LogP contribution in [0.5, 0.6) is 0 Å². The lowest BCUT2D eigenvalue weighted by atomic mass is 10.00. The Bertz CT molecular complexity index is 885. The highest BCUT2D eigenvalue weighted by atomic mass is 35.5. The zero-order valence-corrected chi connectivity index (χ0v) is 13.6. The molecule has 1 heterocycles. The fourth-order valence-corrected chi connectivity index (χ4v) is 2.97. The lowest BCUT2D eigenvalue weighted by molar-refractivity contribution is -0.118. The maximum Gasteiger partial charge on any atom is 0.236 e. The van der Waals surface area contributed by atoms with Gasteiger partial charge in [0, 0.05) is 22.3 Å². The molecule has 0 bridgehead atoms. The summed E-state index contributed by atoms with van der Waals surface area (Å²) >= 11 is 5.97. The minimum Gasteiger partial charge on any atom is -0.356 e. The average molecular weight is 339 g/mol. The first-order valence-electron chi connectivity index (χ1n) is 7.77. The van der Waals surface area contributed by atoms with Gasteiger partial charge in [0.15, 0.2) is 5.76 Å². The molecule has 1 N–H and O–H groups in total. The second-order valence-electron chi connectivity index (χ2n) is 5.99. The van der Waals surface area contributed by atoms with E-state index in [9.17, 15) is 4.79 Å². The van der Waals surface area contributed by atoms with Gasteiger partial charge in [-0.25, -0.2) is 0 Å². The highest BCUT2D eigenvalue weighted by Gasteiger charge is 2.53. The Kier molecular flexibility index (Phi) is 3.62. The number of hydrogen-bond acceptors (Lipinski definition) is 3. The van der Waals surface area contributed by atoms with Crippen LogP contribution in [-0.2, 0) is 10.2 Å². The Morgan fingerprint density at radius 1 is 1.08 bits per heavy atom. The number of hydrogen-bond donors (Lipinski definition) is 1. The van der Waals surface area contributed by atoms with Crippen molar-refractivity contribution in [2.75, 3.05) is 5.32 Å². The van der Waals surface area contributed by atoms with Crippen molar-refractivity contribution in [1.29, 1.82) is 0 Å². The number of carbonyl (C=O) groups is 1. The standard InChI is InChI=1S/C19H15ClN2O2/c20-14-7-4-8-15(11-14)21-18(23)19(9-10-19)17-12-16(24-22-17)13-5-2-1-3-6-13/h1-8,11-12H,9-10H2,(H,21,23). The van der Waals surface area contributed by atoms with Gasteiger partial charge < -0.3 is 9.84 Å². The molecule has 1 aliphatic carbocycles. The molecule has 0 atom stereocenters. The summed E-state index contributed by atoms with van der Waals surface area (Å²) in [5, 5.41) is 7.66. The number of amides is 1. The SMILES string of the molecule is O=C(Nc1cccc(Cl)c1)C1(c2cc(-c3ccccc3)on2)CC1. The van der Waals surface area contributed by atoms with Gasteiger partial charge in [-0.05, 0) is 31.0 Å². The summed E-state index contributed by atoms with van der Waals surface area (Å²) in [4.78, 5) is 12.7. The Balaban J connectivity index is 1.57. The van der Waals surface area contributed by atoms with E-state index in [1.54, 1.807) is 18.2 Å². The van der Waals surface area contributed by atoms with Gasteiger partial charge in [0.2, 0.25) is 5.91 Å². The number of carbonyl (C=O) groups excluding carboxylic acids is 1. The molecule has 4 nitrogen and oxygen atoms in total. The molecule has 0 unspecified atom stereocenters. The summed E-state index contributed by atoms with van der Waals surface area (Å²) in [6, 6.07) is 18.7. The first kappa shape index (κ1) is 15.0. The number of halogens is 1. The molecule has 1 aromatic heterocycles. The maximum absolute atomic E-state index is 12.7. The quantitative estimate of drug-likeness (QED) is 0.752. The predicted octanol–water partition coefficient (Wildman–Crippen LogP) is 4.67. The van der Waals surface area contributed by atoms with Crippen LogP contribution in [0.4, 0.5) is 5.69 Å². The third kappa shape index (κ3) is 2.69. The van der Waals surface area contributed by atoms with E-state index in [0.717, 1.165) is 18.4 Å². The van der Waals surface area contributed by atoms with Crippen molar-refractivity contribution in [2.24, 2.45) is 0 Å². The van der Waals surface area contributed by atoms with Crippen molar-refractivity contribution in [1.82, 2.24) is 5.16 Å². The van der Waals surface area contributed by atoms with E-state index in [-0.39, 0.29) is 5.91 Å². The van der Waals surface area contributed by atoms with Gasteiger partial charge in [-0.15, -0.1) is 0 Å². The van der Waals surface area contributed by atoms with Gasteiger partial charge in [0.05, 0.1) is 11.1 Å². The van der Waals surface area contributed by atoms with Crippen molar-refractivity contribution in [3.8, 4) is 11.3 Å². The molecular formula is C19H15ClN2O2. The second-order valence-corrected chi connectivity index (χ2v) is 6.43. The summed E-state index contributed by atoms with van der Waals surface area (Å²) in [7, 11) is 0. The highest BCUT2D eigenvalue weighted by Crippen LogP contribution is 2.49. The molecule has 0 saturated heterocycles. The third-order valence-corrected chi connectivity index (χ3v) is 4.56. The molecule has 1 fully saturated rings. The first-order valence-corrected chi connectivity index (χ1v) is 8.15. The monoisotopic (exact) mass is 338 g/mol. The van der Waals surface area contributed by atoms with Crippen LogP contribution in [0.15, 0.2) is 65.2 Å². The van der Waals surface area contributed by atoms with E-state index in [2.05, 4.69) is 10.5 Å². The van der Waals surface area contributed by atoms with Gasteiger partial charge in [0.25, 0.3) is 0 Å². The lowest BCUT2D eigenvalue weighted by Gasteiger charge is -2.12. The lowest BCUT2D eigenvalue weighted by Crippen LogP contribution is -2.28. The molecule has 1 aliphatic rings. The summed E-state index contributed by atoms with van der Waals surface area (Å²) in [6.07, 6.45) is 1.53.